The summed E-state index contributed by atoms with van der Waals surface area (Å²) in [5, 5.41) is 7.43. The molecule has 1 heterocycles. The third-order valence-corrected chi connectivity index (χ3v) is 5.20. The summed E-state index contributed by atoms with van der Waals surface area (Å²) in [6, 6.07) is 6.68. The number of para-hydroxylation sites is 1. The Bertz CT molecular complexity index is 777. The average molecular weight is 397 g/mol. The van der Waals surface area contributed by atoms with Crippen LogP contribution in [-0.4, -0.2) is 54.7 Å². The van der Waals surface area contributed by atoms with Crippen LogP contribution in [-0.2, 0) is 11.0 Å². The number of hydrogen-bond acceptors (Lipinski definition) is 4. The van der Waals surface area contributed by atoms with E-state index in [1.165, 1.54) is 37.9 Å². The molecule has 1 N–H and O–H groups in total. The molecular weight excluding hydrogens is 371 g/mol. The Kier molecular flexibility index (Phi) is 7.62. The highest BCUT2D eigenvalue weighted by Crippen LogP contribution is 2.36. The highest BCUT2D eigenvalue weighted by molar-refractivity contribution is 5.93. The second-order valence-corrected chi connectivity index (χ2v) is 6.98. The van der Waals surface area contributed by atoms with Crippen molar-refractivity contribution in [2.75, 3.05) is 32.1 Å². The van der Waals surface area contributed by atoms with E-state index in [2.05, 4.69) is 16.9 Å². The number of pyridine rings is 1. The monoisotopic (exact) mass is 397 g/mol. The summed E-state index contributed by atoms with van der Waals surface area (Å²) in [7, 11) is 4.06. The summed E-state index contributed by atoms with van der Waals surface area (Å²) in [5.41, 5.74) is 0.128. The van der Waals surface area contributed by atoms with Gasteiger partial charge in [-0.05, 0) is 32.0 Å². The molecule has 2 aromatic rings. The lowest BCUT2D eigenvalue weighted by atomic mass is 10.1. The minimum Gasteiger partial charge on any atom is -0.483 e. The lowest BCUT2D eigenvalue weighted by Gasteiger charge is -2.28. The highest BCUT2D eigenvalue weighted by atomic mass is 19.4. The molecule has 5 nitrogen and oxygen atoms in total. The molecule has 1 aliphatic rings. The maximum atomic E-state index is 13.2. The smallest absolute Gasteiger partial charge is 0.418 e. The van der Waals surface area contributed by atoms with E-state index in [1.54, 1.807) is 12.1 Å². The van der Waals surface area contributed by atoms with Gasteiger partial charge >= 0.3 is 6.18 Å². The van der Waals surface area contributed by atoms with E-state index in [0.717, 1.165) is 24.8 Å². The van der Waals surface area contributed by atoms with E-state index in [9.17, 15) is 13.2 Å². The number of alkyl halides is 3. The van der Waals surface area contributed by atoms with Crippen molar-refractivity contribution in [3.63, 3.8) is 0 Å². The second kappa shape index (κ2) is 9.73. The highest BCUT2D eigenvalue weighted by Gasteiger charge is 2.33. The van der Waals surface area contributed by atoms with Crippen LogP contribution in [0.1, 0.15) is 31.2 Å². The van der Waals surface area contributed by atoms with E-state index in [4.69, 9.17) is 9.90 Å². The number of hydrogen-bond donors (Lipinski definition) is 1. The molecule has 8 heteroatoms. The van der Waals surface area contributed by atoms with Gasteiger partial charge in [0.15, 0.2) is 0 Å². The molecule has 0 unspecified atom stereocenters. The van der Waals surface area contributed by atoms with Gasteiger partial charge in [-0.2, -0.15) is 13.2 Å². The summed E-state index contributed by atoms with van der Waals surface area (Å²) in [5.74, 6) is 0. The average Bonchev–Trinajstić information content (AvgIpc) is 3.19. The summed E-state index contributed by atoms with van der Waals surface area (Å²) in [6.07, 6.45) is 2.14. The second-order valence-electron chi connectivity index (χ2n) is 6.98. The van der Waals surface area contributed by atoms with Gasteiger partial charge in [0.25, 0.3) is 6.47 Å². The Morgan fingerprint density at radius 1 is 1.18 bits per heavy atom. The van der Waals surface area contributed by atoms with Gasteiger partial charge in [0.2, 0.25) is 0 Å². The Hall–Kier alpha value is -2.35. The maximum absolute atomic E-state index is 13.2. The van der Waals surface area contributed by atoms with Gasteiger partial charge in [0.05, 0.1) is 11.1 Å². The number of likely N-dealkylation sites (N-methyl/N-ethyl adjacent to an activating group) is 2. The number of nitrogens with zero attached hydrogens (tertiary/aromatic N) is 3. The fourth-order valence-electron chi connectivity index (χ4n) is 3.68. The van der Waals surface area contributed by atoms with Gasteiger partial charge < -0.3 is 14.9 Å². The van der Waals surface area contributed by atoms with Crippen LogP contribution in [0, 0.1) is 0 Å². The summed E-state index contributed by atoms with van der Waals surface area (Å²) in [6.45, 7) is 1.41. The van der Waals surface area contributed by atoms with Crippen molar-refractivity contribution in [1.82, 2.24) is 9.88 Å². The number of carboxylic acid groups (broad SMARTS) is 1. The Balaban J connectivity index is 0.000000878. The molecule has 0 amide bonds. The molecule has 0 spiro atoms. The quantitative estimate of drug-likeness (QED) is 0.764. The third-order valence-electron chi connectivity index (χ3n) is 5.20. The molecule has 0 aliphatic heterocycles. The Morgan fingerprint density at radius 3 is 2.43 bits per heavy atom. The van der Waals surface area contributed by atoms with Gasteiger partial charge in [-0.25, -0.2) is 0 Å². The minimum absolute atomic E-state index is 0.0171. The van der Waals surface area contributed by atoms with E-state index in [1.807, 2.05) is 11.9 Å². The van der Waals surface area contributed by atoms with Crippen LogP contribution in [0.5, 0.6) is 0 Å². The molecule has 0 atom stereocenters. The molecule has 1 fully saturated rings. The first-order valence-electron chi connectivity index (χ1n) is 9.23. The Morgan fingerprint density at radius 2 is 1.82 bits per heavy atom. The number of aromatic nitrogens is 1. The molecule has 1 aliphatic carbocycles. The van der Waals surface area contributed by atoms with Crippen molar-refractivity contribution >= 4 is 23.1 Å². The SMILES string of the molecule is CN(CCN(C)C1CCCC1)c1ccnc2c(C(F)(F)F)cccc12.O=CO. The predicted molar refractivity (Wildman–Crippen MR) is 104 cm³/mol. The molecule has 1 saturated carbocycles. The molecule has 154 valence electrons. The van der Waals surface area contributed by atoms with Crippen molar-refractivity contribution in [2.24, 2.45) is 0 Å². The molecule has 28 heavy (non-hydrogen) atoms. The van der Waals surface area contributed by atoms with Crippen molar-refractivity contribution in [3.8, 4) is 0 Å². The van der Waals surface area contributed by atoms with Gasteiger partial charge in [-0.1, -0.05) is 25.0 Å². The van der Waals surface area contributed by atoms with Gasteiger partial charge in [0.1, 0.15) is 0 Å². The fraction of sp³-hybridized carbons (Fsp3) is 0.500. The minimum atomic E-state index is -4.40. The fourth-order valence-corrected chi connectivity index (χ4v) is 3.68. The molecular formula is C20H26F3N3O2. The van der Waals surface area contributed by atoms with E-state index < -0.39 is 11.7 Å². The Labute approximate surface area is 162 Å². The van der Waals surface area contributed by atoms with E-state index in [-0.39, 0.29) is 12.0 Å². The zero-order valence-electron chi connectivity index (χ0n) is 16.1. The normalized spacial score (nSPS) is 14.8. The van der Waals surface area contributed by atoms with Gasteiger partial charge in [0, 0.05) is 43.4 Å². The lowest BCUT2D eigenvalue weighted by Crippen LogP contribution is -2.36. The zero-order valence-corrected chi connectivity index (χ0v) is 16.1. The molecule has 0 radical (unpaired) electrons. The number of fused-ring (bicyclic) bond motifs is 1. The topological polar surface area (TPSA) is 56.7 Å². The zero-order chi connectivity index (χ0) is 20.7. The van der Waals surface area contributed by atoms with Crippen LogP contribution >= 0.6 is 0 Å². The predicted octanol–water partition coefficient (Wildman–Crippen LogP) is 4.27. The van der Waals surface area contributed by atoms with Crippen molar-refractivity contribution < 1.29 is 23.1 Å². The van der Waals surface area contributed by atoms with Gasteiger partial charge in [-0.3, -0.25) is 9.78 Å². The molecule has 0 saturated heterocycles. The van der Waals surface area contributed by atoms with E-state index in [0.29, 0.717) is 11.4 Å². The van der Waals surface area contributed by atoms with Crippen molar-refractivity contribution in [3.05, 3.63) is 36.0 Å². The first-order valence-corrected chi connectivity index (χ1v) is 9.23. The summed E-state index contributed by atoms with van der Waals surface area (Å²) in [4.78, 5) is 16.7. The van der Waals surface area contributed by atoms with Crippen molar-refractivity contribution in [1.29, 1.82) is 0 Å². The van der Waals surface area contributed by atoms with Crippen LogP contribution in [0.4, 0.5) is 18.9 Å². The number of halogens is 3. The molecule has 3 rings (SSSR count). The number of anilines is 1. The van der Waals surface area contributed by atoms with Crippen LogP contribution in [0.25, 0.3) is 10.9 Å². The van der Waals surface area contributed by atoms with Crippen LogP contribution < -0.4 is 4.90 Å². The summed E-state index contributed by atoms with van der Waals surface area (Å²) >= 11 is 0. The lowest BCUT2D eigenvalue weighted by molar-refractivity contribution is -0.136. The first kappa shape index (κ1) is 21.9. The third kappa shape index (κ3) is 5.34. The van der Waals surface area contributed by atoms with Crippen LogP contribution in [0.2, 0.25) is 0 Å². The van der Waals surface area contributed by atoms with Gasteiger partial charge in [-0.15, -0.1) is 0 Å². The number of benzene rings is 1. The number of carbonyl (C=O) groups is 1. The van der Waals surface area contributed by atoms with E-state index >= 15 is 0 Å². The van der Waals surface area contributed by atoms with Crippen LogP contribution in [0.3, 0.4) is 0 Å². The molecule has 0 bridgehead atoms. The van der Waals surface area contributed by atoms with Crippen LogP contribution in [0.15, 0.2) is 30.5 Å². The number of rotatable bonds is 5. The summed E-state index contributed by atoms with van der Waals surface area (Å²) < 4.78 is 39.7. The maximum Gasteiger partial charge on any atom is 0.418 e. The molecule has 1 aromatic heterocycles. The first-order chi connectivity index (χ1) is 13.3. The largest absolute Gasteiger partial charge is 0.483 e. The molecule has 1 aromatic carbocycles. The standard InChI is InChI=1S/C19H24F3N3.CH2O2/c1-24(14-6-3-4-7-14)12-13-25(2)17-10-11-23-18-15(17)8-5-9-16(18)19(20,21)22;2-1-3/h5,8-11,14H,3-4,6-7,12-13H2,1-2H3;1H,(H,2,3). The van der Waals surface area contributed by atoms with Crippen molar-refractivity contribution in [2.45, 2.75) is 37.9 Å².